The highest BCUT2D eigenvalue weighted by molar-refractivity contribution is 6.16. The van der Waals surface area contributed by atoms with E-state index in [9.17, 15) is 0 Å². The Morgan fingerprint density at radius 1 is 0.328 bits per heavy atom. The fourth-order valence-corrected chi connectivity index (χ4v) is 12.0. The Balaban J connectivity index is 1.14. The van der Waals surface area contributed by atoms with Gasteiger partial charge in [0.25, 0.3) is 0 Å². The van der Waals surface area contributed by atoms with Crippen molar-refractivity contribution in [2.75, 3.05) is 0 Å². The molecule has 4 aliphatic rings. The van der Waals surface area contributed by atoms with Crippen LogP contribution in [0.25, 0.3) is 60.9 Å². The average Bonchev–Trinajstić information content (AvgIpc) is 3.98. The Morgan fingerprint density at radius 3 is 1.47 bits per heavy atom. The Labute approximate surface area is 335 Å². The predicted octanol–water partition coefficient (Wildman–Crippen LogP) is 13.6. The number of rotatable bonds is 1. The largest absolute Gasteiger partial charge is 0.457 e. The van der Waals surface area contributed by atoms with E-state index in [4.69, 9.17) is 4.74 Å². The van der Waals surface area contributed by atoms with Crippen LogP contribution in [0.1, 0.15) is 44.5 Å². The standard InChI is InChI=1S/C56H33NO/c1-6-21-40-34(16-1)35-17-2-7-22-41(35)55(40)43-24-9-4-19-38(43)52-46(55)27-15-29-48(52)57-47-28-12-5-20-39(47)53-49(57)33-32-37-36-18-3-8-23-42(36)56(54(37)53)44-25-10-13-30-50(44)58-51-31-14-11-26-45(51)56/h1-33H. The highest BCUT2D eigenvalue weighted by atomic mass is 16.5. The molecule has 2 nitrogen and oxygen atoms in total. The lowest BCUT2D eigenvalue weighted by Crippen LogP contribution is -2.32. The van der Waals surface area contributed by atoms with E-state index in [1.165, 1.54) is 105 Å². The van der Waals surface area contributed by atoms with E-state index >= 15 is 0 Å². The van der Waals surface area contributed by atoms with Crippen molar-refractivity contribution >= 4 is 21.8 Å². The first kappa shape index (κ1) is 30.8. The van der Waals surface area contributed by atoms with E-state index in [0.29, 0.717) is 0 Å². The molecular weight excluding hydrogens is 703 g/mol. The summed E-state index contributed by atoms with van der Waals surface area (Å²) >= 11 is 0. The van der Waals surface area contributed by atoms with Gasteiger partial charge < -0.3 is 9.30 Å². The normalized spacial score (nSPS) is 15.0. The maximum absolute atomic E-state index is 6.74. The number of para-hydroxylation sites is 3. The summed E-state index contributed by atoms with van der Waals surface area (Å²) < 4.78 is 9.31. The number of hydrogen-bond acceptors (Lipinski definition) is 1. The van der Waals surface area contributed by atoms with Gasteiger partial charge in [-0.25, -0.2) is 0 Å². The fraction of sp³-hybridized carbons (Fsp3) is 0.0357. The lowest BCUT2D eigenvalue weighted by Gasteiger charge is -2.39. The molecule has 0 bridgehead atoms. The van der Waals surface area contributed by atoms with Gasteiger partial charge in [0.15, 0.2) is 0 Å². The van der Waals surface area contributed by atoms with Crippen LogP contribution in [0.3, 0.4) is 0 Å². The van der Waals surface area contributed by atoms with E-state index in [1.807, 2.05) is 0 Å². The van der Waals surface area contributed by atoms with Crippen LogP contribution in [0.15, 0.2) is 200 Å². The number of ether oxygens (including phenoxy) is 1. The van der Waals surface area contributed by atoms with E-state index in [0.717, 1.165) is 11.5 Å². The molecule has 0 unspecified atom stereocenters. The van der Waals surface area contributed by atoms with Crippen molar-refractivity contribution in [2.45, 2.75) is 10.8 Å². The van der Waals surface area contributed by atoms with Gasteiger partial charge in [-0.1, -0.05) is 170 Å². The third kappa shape index (κ3) is 3.37. The molecule has 1 aliphatic heterocycles. The van der Waals surface area contributed by atoms with Crippen molar-refractivity contribution in [2.24, 2.45) is 0 Å². The van der Waals surface area contributed by atoms with E-state index in [-0.39, 0.29) is 0 Å². The second kappa shape index (κ2) is 10.7. The molecule has 0 N–H and O–H groups in total. The molecule has 0 radical (unpaired) electrons. The Morgan fingerprint density at radius 2 is 0.810 bits per heavy atom. The highest BCUT2D eigenvalue weighted by Gasteiger charge is 2.54. The van der Waals surface area contributed by atoms with Gasteiger partial charge in [-0.2, -0.15) is 0 Å². The fourth-order valence-electron chi connectivity index (χ4n) is 12.0. The molecule has 2 heterocycles. The van der Waals surface area contributed by atoms with Gasteiger partial charge in [0, 0.05) is 27.5 Å². The Bertz CT molecular complexity index is 3360. The van der Waals surface area contributed by atoms with Gasteiger partial charge >= 0.3 is 0 Å². The van der Waals surface area contributed by atoms with Gasteiger partial charge in [-0.3, -0.25) is 0 Å². The molecule has 58 heavy (non-hydrogen) atoms. The van der Waals surface area contributed by atoms with Crippen LogP contribution in [0, 0.1) is 0 Å². The number of nitrogens with zero attached hydrogens (tertiary/aromatic N) is 1. The van der Waals surface area contributed by atoms with E-state index < -0.39 is 10.8 Å². The third-order valence-corrected chi connectivity index (χ3v) is 13.9. The summed E-state index contributed by atoms with van der Waals surface area (Å²) in [6.07, 6.45) is 0. The molecule has 2 spiro atoms. The molecule has 3 aliphatic carbocycles. The molecule has 0 fully saturated rings. The summed E-state index contributed by atoms with van der Waals surface area (Å²) in [6, 6.07) is 74.6. The zero-order valence-electron chi connectivity index (χ0n) is 31.4. The van der Waals surface area contributed by atoms with Crippen LogP contribution in [-0.2, 0) is 10.8 Å². The van der Waals surface area contributed by atoms with Crippen molar-refractivity contribution in [3.8, 4) is 50.6 Å². The van der Waals surface area contributed by atoms with Gasteiger partial charge in [-0.15, -0.1) is 0 Å². The second-order valence-corrected chi connectivity index (χ2v) is 16.2. The van der Waals surface area contributed by atoms with Crippen LogP contribution in [-0.4, -0.2) is 4.57 Å². The van der Waals surface area contributed by atoms with Crippen molar-refractivity contribution in [3.05, 3.63) is 245 Å². The smallest absolute Gasteiger partial charge is 0.132 e. The summed E-state index contributed by atoms with van der Waals surface area (Å²) in [5.41, 5.74) is 20.8. The van der Waals surface area contributed by atoms with Crippen LogP contribution in [0.5, 0.6) is 11.5 Å². The third-order valence-electron chi connectivity index (χ3n) is 13.9. The maximum Gasteiger partial charge on any atom is 0.132 e. The van der Waals surface area contributed by atoms with Crippen molar-refractivity contribution in [1.29, 1.82) is 0 Å². The highest BCUT2D eigenvalue weighted by Crippen LogP contribution is 2.66. The van der Waals surface area contributed by atoms with E-state index in [2.05, 4.69) is 205 Å². The topological polar surface area (TPSA) is 14.2 Å². The number of hydrogen-bond donors (Lipinski definition) is 0. The van der Waals surface area contributed by atoms with Crippen LogP contribution in [0.2, 0.25) is 0 Å². The SMILES string of the molecule is c1ccc2c(c1)Oc1ccccc1C21c2ccccc2-c2ccc3c(c21)c1ccccc1n3-c1cccc2c1-c1ccccc1C21c2ccccc2-c2ccccc21. The molecule has 14 rings (SSSR count). The Kier molecular flexibility index (Phi) is 5.67. The molecular formula is C56H33NO. The Hall–Kier alpha value is -7.42. The van der Waals surface area contributed by atoms with Crippen LogP contribution in [0.4, 0.5) is 0 Å². The monoisotopic (exact) mass is 735 g/mol. The number of aromatic nitrogens is 1. The first-order valence-electron chi connectivity index (χ1n) is 20.3. The van der Waals surface area contributed by atoms with Gasteiger partial charge in [0.2, 0.25) is 0 Å². The molecule has 268 valence electrons. The van der Waals surface area contributed by atoms with Crippen LogP contribution >= 0.6 is 0 Å². The molecule has 0 saturated heterocycles. The summed E-state index contributed by atoms with van der Waals surface area (Å²) in [5.74, 6) is 1.81. The number of fused-ring (bicyclic) bond motifs is 23. The van der Waals surface area contributed by atoms with E-state index in [1.54, 1.807) is 0 Å². The quantitative estimate of drug-likeness (QED) is 0.164. The minimum atomic E-state index is -0.585. The maximum atomic E-state index is 6.74. The van der Waals surface area contributed by atoms with Crippen molar-refractivity contribution < 1.29 is 4.74 Å². The molecule has 2 heteroatoms. The molecule has 0 atom stereocenters. The van der Waals surface area contributed by atoms with Crippen molar-refractivity contribution in [1.82, 2.24) is 4.57 Å². The minimum Gasteiger partial charge on any atom is -0.457 e. The van der Waals surface area contributed by atoms with Crippen LogP contribution < -0.4 is 4.74 Å². The van der Waals surface area contributed by atoms with Gasteiger partial charge in [0.05, 0.1) is 27.6 Å². The molecule has 0 saturated carbocycles. The molecule has 1 aromatic heterocycles. The molecule has 9 aromatic carbocycles. The zero-order valence-corrected chi connectivity index (χ0v) is 31.4. The minimum absolute atomic E-state index is 0.420. The zero-order chi connectivity index (χ0) is 37.7. The van der Waals surface area contributed by atoms with Crippen molar-refractivity contribution in [3.63, 3.8) is 0 Å². The first-order valence-corrected chi connectivity index (χ1v) is 20.3. The predicted molar refractivity (Wildman–Crippen MR) is 234 cm³/mol. The summed E-state index contributed by atoms with van der Waals surface area (Å²) in [7, 11) is 0. The first-order chi connectivity index (χ1) is 28.8. The lowest BCUT2D eigenvalue weighted by molar-refractivity contribution is 0.437. The second-order valence-electron chi connectivity index (χ2n) is 16.2. The average molecular weight is 736 g/mol. The molecule has 0 amide bonds. The molecule has 10 aromatic rings. The summed E-state index contributed by atoms with van der Waals surface area (Å²) in [6.45, 7) is 0. The van der Waals surface area contributed by atoms with Gasteiger partial charge in [0.1, 0.15) is 11.5 Å². The summed E-state index contributed by atoms with van der Waals surface area (Å²) in [4.78, 5) is 0. The number of benzene rings is 9. The lowest BCUT2D eigenvalue weighted by atomic mass is 9.65. The van der Waals surface area contributed by atoms with Gasteiger partial charge in [-0.05, 0) is 91.5 Å². The summed E-state index contributed by atoms with van der Waals surface area (Å²) in [5, 5.41) is 2.53.